The summed E-state index contributed by atoms with van der Waals surface area (Å²) in [5.74, 6) is -0.822. The molecule has 3 heterocycles. The predicted molar refractivity (Wildman–Crippen MR) is 93.4 cm³/mol. The fourth-order valence-electron chi connectivity index (χ4n) is 3.00. The van der Waals surface area contributed by atoms with Crippen LogP contribution < -0.4 is 16.8 Å². The van der Waals surface area contributed by atoms with Crippen LogP contribution in [0.4, 0.5) is 5.82 Å². The average Bonchev–Trinajstić information content (AvgIpc) is 3.18. The van der Waals surface area contributed by atoms with Crippen LogP contribution >= 0.6 is 0 Å². The van der Waals surface area contributed by atoms with E-state index < -0.39 is 36.6 Å². The van der Waals surface area contributed by atoms with Crippen LogP contribution in [-0.2, 0) is 9.53 Å². The zero-order chi connectivity index (χ0) is 19.6. The molecule has 27 heavy (non-hydrogen) atoms. The Hall–Kier alpha value is -2.38. The van der Waals surface area contributed by atoms with Crippen LogP contribution in [-0.4, -0.2) is 78.3 Å². The van der Waals surface area contributed by atoms with E-state index in [1.807, 2.05) is 0 Å². The second-order valence-corrected chi connectivity index (χ2v) is 6.42. The number of ether oxygens (including phenoxy) is 1. The number of carbonyl (C=O) groups is 1. The lowest BCUT2D eigenvalue weighted by Gasteiger charge is -2.16. The number of aliphatic carboxylic acids is 1. The number of anilines is 1. The smallest absolute Gasteiger partial charge is 0.320 e. The van der Waals surface area contributed by atoms with Crippen LogP contribution in [0.2, 0.25) is 0 Å². The van der Waals surface area contributed by atoms with Gasteiger partial charge in [0.15, 0.2) is 17.7 Å². The SMILES string of the molecule is Nc1ncnc2c1ncn2[C@@H]1O[C@H](CNCCCC(N)C(=O)O)[C@@H](O)[C@H]1O. The highest BCUT2D eigenvalue weighted by molar-refractivity contribution is 5.81. The lowest BCUT2D eigenvalue weighted by atomic mass is 10.1. The van der Waals surface area contributed by atoms with E-state index in [-0.39, 0.29) is 12.4 Å². The van der Waals surface area contributed by atoms with Gasteiger partial charge in [0.2, 0.25) is 0 Å². The zero-order valence-corrected chi connectivity index (χ0v) is 14.5. The van der Waals surface area contributed by atoms with E-state index in [1.54, 1.807) is 0 Å². The quantitative estimate of drug-likeness (QED) is 0.272. The van der Waals surface area contributed by atoms with Crippen molar-refractivity contribution in [1.82, 2.24) is 24.8 Å². The molecule has 1 fully saturated rings. The molecule has 2 aromatic heterocycles. The Balaban J connectivity index is 1.57. The van der Waals surface area contributed by atoms with E-state index in [0.717, 1.165) is 0 Å². The number of hydrogen-bond donors (Lipinski definition) is 6. The van der Waals surface area contributed by atoms with Crippen molar-refractivity contribution in [2.24, 2.45) is 5.73 Å². The summed E-state index contributed by atoms with van der Waals surface area (Å²) in [5, 5.41) is 32.4. The third-order valence-corrected chi connectivity index (χ3v) is 4.53. The average molecular weight is 381 g/mol. The first-order valence-corrected chi connectivity index (χ1v) is 8.54. The second kappa shape index (κ2) is 8.10. The first-order chi connectivity index (χ1) is 12.9. The molecular weight excluding hydrogens is 358 g/mol. The van der Waals surface area contributed by atoms with Gasteiger partial charge >= 0.3 is 5.97 Å². The van der Waals surface area contributed by atoms with Crippen LogP contribution in [0.25, 0.3) is 11.2 Å². The van der Waals surface area contributed by atoms with Crippen molar-refractivity contribution in [2.75, 3.05) is 18.8 Å². The summed E-state index contributed by atoms with van der Waals surface area (Å²) in [7, 11) is 0. The number of rotatable bonds is 8. The number of nitrogens with one attached hydrogen (secondary N) is 1. The molecule has 0 saturated carbocycles. The maximum Gasteiger partial charge on any atom is 0.320 e. The molecule has 3 rings (SSSR count). The molecule has 1 saturated heterocycles. The van der Waals surface area contributed by atoms with Gasteiger partial charge in [0.1, 0.15) is 36.2 Å². The Morgan fingerprint density at radius 3 is 2.85 bits per heavy atom. The van der Waals surface area contributed by atoms with Gasteiger partial charge in [0, 0.05) is 6.54 Å². The fourth-order valence-corrected chi connectivity index (χ4v) is 3.00. The summed E-state index contributed by atoms with van der Waals surface area (Å²) in [6.45, 7) is 0.785. The third-order valence-electron chi connectivity index (χ3n) is 4.53. The van der Waals surface area contributed by atoms with Gasteiger partial charge in [-0.2, -0.15) is 0 Å². The number of carboxylic acid groups (broad SMARTS) is 1. The topological polar surface area (TPSA) is 195 Å². The number of nitrogen functional groups attached to an aromatic ring is 1. The van der Waals surface area contributed by atoms with Gasteiger partial charge in [-0.25, -0.2) is 15.0 Å². The minimum absolute atomic E-state index is 0.213. The van der Waals surface area contributed by atoms with Crippen LogP contribution in [0.5, 0.6) is 0 Å². The maximum atomic E-state index is 10.7. The molecule has 12 heteroatoms. The summed E-state index contributed by atoms with van der Waals surface area (Å²) >= 11 is 0. The zero-order valence-electron chi connectivity index (χ0n) is 14.5. The van der Waals surface area contributed by atoms with Crippen LogP contribution in [0, 0.1) is 0 Å². The maximum absolute atomic E-state index is 10.7. The largest absolute Gasteiger partial charge is 0.480 e. The number of imidazole rings is 1. The number of hydrogen-bond acceptors (Lipinski definition) is 10. The molecule has 8 N–H and O–H groups in total. The van der Waals surface area contributed by atoms with E-state index in [9.17, 15) is 15.0 Å². The Labute approximate surface area is 154 Å². The van der Waals surface area contributed by atoms with Gasteiger partial charge < -0.3 is 36.8 Å². The van der Waals surface area contributed by atoms with E-state index in [4.69, 9.17) is 21.3 Å². The number of nitrogens with zero attached hydrogens (tertiary/aromatic N) is 4. The van der Waals surface area contributed by atoms with Crippen molar-refractivity contribution in [2.45, 2.75) is 43.4 Å². The second-order valence-electron chi connectivity index (χ2n) is 6.42. The third kappa shape index (κ3) is 3.99. The molecule has 2 aromatic rings. The van der Waals surface area contributed by atoms with Crippen molar-refractivity contribution in [3.63, 3.8) is 0 Å². The molecule has 0 radical (unpaired) electrons. The first kappa shape index (κ1) is 19.4. The Morgan fingerprint density at radius 1 is 1.33 bits per heavy atom. The summed E-state index contributed by atoms with van der Waals surface area (Å²) < 4.78 is 7.29. The summed E-state index contributed by atoms with van der Waals surface area (Å²) in [5.41, 5.74) is 12.0. The molecule has 12 nitrogen and oxygen atoms in total. The highest BCUT2D eigenvalue weighted by atomic mass is 16.6. The number of aromatic nitrogens is 4. The summed E-state index contributed by atoms with van der Waals surface area (Å²) in [6, 6.07) is -0.893. The van der Waals surface area contributed by atoms with Gasteiger partial charge in [0.25, 0.3) is 0 Å². The van der Waals surface area contributed by atoms with Crippen molar-refractivity contribution in [3.05, 3.63) is 12.7 Å². The standard InChI is InChI=1S/C15H23N7O5/c16-7(15(25)26)2-1-3-18-4-8-10(23)11(24)14(27-8)22-6-21-9-12(17)19-5-20-13(9)22/h5-8,10-11,14,18,23-24H,1-4,16H2,(H,25,26)(H2,17,19,20)/t7?,8-,10-,11-,14-/m1/s1. The van der Waals surface area contributed by atoms with Crippen LogP contribution in [0.1, 0.15) is 19.1 Å². The van der Waals surface area contributed by atoms with E-state index >= 15 is 0 Å². The summed E-state index contributed by atoms with van der Waals surface area (Å²) in [6.07, 6.45) is -0.199. The van der Waals surface area contributed by atoms with Gasteiger partial charge in [-0.1, -0.05) is 0 Å². The molecule has 0 bridgehead atoms. The van der Waals surface area contributed by atoms with Crippen molar-refractivity contribution in [3.8, 4) is 0 Å². The van der Waals surface area contributed by atoms with E-state index in [0.29, 0.717) is 30.6 Å². The minimum atomic E-state index is -1.18. The highest BCUT2D eigenvalue weighted by Gasteiger charge is 2.44. The monoisotopic (exact) mass is 381 g/mol. The van der Waals surface area contributed by atoms with Crippen molar-refractivity contribution >= 4 is 23.0 Å². The van der Waals surface area contributed by atoms with Crippen molar-refractivity contribution in [1.29, 1.82) is 0 Å². The molecule has 0 aliphatic carbocycles. The molecule has 0 spiro atoms. The van der Waals surface area contributed by atoms with Gasteiger partial charge in [0.05, 0.1) is 6.33 Å². The lowest BCUT2D eigenvalue weighted by Crippen LogP contribution is -2.38. The van der Waals surface area contributed by atoms with E-state index in [2.05, 4.69) is 20.3 Å². The fraction of sp³-hybridized carbons (Fsp3) is 0.600. The van der Waals surface area contributed by atoms with Crippen molar-refractivity contribution < 1.29 is 24.9 Å². The Kier molecular flexibility index (Phi) is 5.82. The van der Waals surface area contributed by atoms with Crippen LogP contribution in [0.15, 0.2) is 12.7 Å². The normalized spacial score (nSPS) is 26.5. The minimum Gasteiger partial charge on any atom is -0.480 e. The van der Waals surface area contributed by atoms with E-state index in [1.165, 1.54) is 17.2 Å². The first-order valence-electron chi connectivity index (χ1n) is 8.54. The highest BCUT2D eigenvalue weighted by Crippen LogP contribution is 2.31. The molecular formula is C15H23N7O5. The molecule has 1 aliphatic heterocycles. The molecule has 5 atom stereocenters. The predicted octanol–water partition coefficient (Wildman–Crippen LogP) is -2.19. The molecule has 0 amide bonds. The number of fused-ring (bicyclic) bond motifs is 1. The Bertz CT molecular complexity index is 800. The van der Waals surface area contributed by atoms with Gasteiger partial charge in [-0.15, -0.1) is 0 Å². The molecule has 1 unspecified atom stereocenters. The number of aliphatic hydroxyl groups excluding tert-OH is 2. The number of aliphatic hydroxyl groups is 2. The van der Waals surface area contributed by atoms with Gasteiger partial charge in [-0.05, 0) is 19.4 Å². The summed E-state index contributed by atoms with van der Waals surface area (Å²) in [4.78, 5) is 22.8. The van der Waals surface area contributed by atoms with Gasteiger partial charge in [-0.3, -0.25) is 9.36 Å². The molecule has 148 valence electrons. The van der Waals surface area contributed by atoms with Crippen LogP contribution in [0.3, 0.4) is 0 Å². The Morgan fingerprint density at radius 2 is 2.11 bits per heavy atom. The number of carboxylic acids is 1. The number of nitrogens with two attached hydrogens (primary N) is 2. The molecule has 1 aliphatic rings. The molecule has 0 aromatic carbocycles. The lowest BCUT2D eigenvalue weighted by molar-refractivity contribution is -0.138.